The van der Waals surface area contributed by atoms with Crippen molar-refractivity contribution in [1.82, 2.24) is 13.7 Å². The summed E-state index contributed by atoms with van der Waals surface area (Å²) in [4.78, 5) is 0. The maximum Gasteiger partial charge on any atom is 0.0719 e. The summed E-state index contributed by atoms with van der Waals surface area (Å²) in [5.41, 5.74) is 28.4. The van der Waals surface area contributed by atoms with Crippen molar-refractivity contribution in [2.45, 2.75) is 12.3 Å². The van der Waals surface area contributed by atoms with Gasteiger partial charge in [0.25, 0.3) is 0 Å². The standard InChI is InChI=1S/C48H31N.C46H28N2S/c1-2-13-37(14-3-1)49-45-25-22-33(29-44(45)42-24-21-36-27-34-12-6-7-15-38(34)47(36)48(42)49)32-20-23-41-43(28-32)39-16-8-9-17-40(39)46(41)35-19-18-30-10-4-5-11-31(30)26-35;1-2-12-33(13-3-1)48-43-25-20-32(28-40(43)37-22-23-38-36-15-7-9-17-44(36)49-46(38)45(37)48)31-19-24-42-39(27-31)35-14-6-8-16-41(35)47(42)34-21-18-29-10-4-5-11-30(29)26-34/h1-26,28-29,46H,27H2;1-28H. The van der Waals surface area contributed by atoms with Crippen LogP contribution < -0.4 is 0 Å². The van der Waals surface area contributed by atoms with Gasteiger partial charge in [0.2, 0.25) is 0 Å². The minimum absolute atomic E-state index is 0.223. The Balaban J connectivity index is 0.000000129. The predicted octanol–water partition coefficient (Wildman–Crippen LogP) is 25.4. The second-order valence-electron chi connectivity index (χ2n) is 26.6. The Labute approximate surface area is 569 Å². The van der Waals surface area contributed by atoms with E-state index in [-0.39, 0.29) is 5.92 Å². The van der Waals surface area contributed by atoms with Gasteiger partial charge in [-0.05, 0) is 186 Å². The maximum atomic E-state index is 2.49. The lowest BCUT2D eigenvalue weighted by Gasteiger charge is -2.16. The van der Waals surface area contributed by atoms with Crippen LogP contribution in [0.25, 0.3) is 169 Å². The summed E-state index contributed by atoms with van der Waals surface area (Å²) in [6, 6.07) is 126. The molecule has 20 aromatic rings. The highest BCUT2D eigenvalue weighted by atomic mass is 32.1. The van der Waals surface area contributed by atoms with E-state index in [2.05, 4.69) is 353 Å². The van der Waals surface area contributed by atoms with E-state index in [4.69, 9.17) is 0 Å². The number of hydrogen-bond donors (Lipinski definition) is 0. The Morgan fingerprint density at radius 1 is 0.265 bits per heavy atom. The highest BCUT2D eigenvalue weighted by molar-refractivity contribution is 7.26. The molecular formula is C94H59N3S. The summed E-state index contributed by atoms with van der Waals surface area (Å²) >= 11 is 1.90. The van der Waals surface area contributed by atoms with Crippen LogP contribution in [0.15, 0.2) is 340 Å². The van der Waals surface area contributed by atoms with Gasteiger partial charge in [0.05, 0.1) is 37.8 Å². The Hall–Kier alpha value is -12.3. The van der Waals surface area contributed by atoms with Gasteiger partial charge in [0.1, 0.15) is 0 Å². The van der Waals surface area contributed by atoms with Gasteiger partial charge in [0.15, 0.2) is 0 Å². The number of fused-ring (bicyclic) bond motifs is 22. The molecule has 1 unspecified atom stereocenters. The fraction of sp³-hybridized carbons (Fsp3) is 0.0213. The van der Waals surface area contributed by atoms with Crippen molar-refractivity contribution in [2.75, 3.05) is 0 Å². The number of nitrogens with zero attached hydrogens (tertiary/aromatic N) is 3. The molecule has 0 amide bonds. The number of hydrogen-bond acceptors (Lipinski definition) is 1. The molecule has 0 spiro atoms. The van der Waals surface area contributed by atoms with Gasteiger partial charge >= 0.3 is 0 Å². The lowest BCUT2D eigenvalue weighted by molar-refractivity contribution is 1.02. The first kappa shape index (κ1) is 55.0. The van der Waals surface area contributed by atoms with E-state index in [0.29, 0.717) is 0 Å². The van der Waals surface area contributed by atoms with Crippen LogP contribution in [0.5, 0.6) is 0 Å². The van der Waals surface area contributed by atoms with Gasteiger partial charge in [-0.25, -0.2) is 0 Å². The van der Waals surface area contributed by atoms with Gasteiger partial charge in [-0.2, -0.15) is 0 Å². The topological polar surface area (TPSA) is 14.8 Å². The maximum absolute atomic E-state index is 2.49. The molecule has 1 atom stereocenters. The molecule has 3 nitrogen and oxygen atoms in total. The molecule has 2 aliphatic carbocycles. The Morgan fingerprint density at radius 2 is 0.776 bits per heavy atom. The molecule has 0 saturated heterocycles. The summed E-state index contributed by atoms with van der Waals surface area (Å²) in [6.45, 7) is 0. The molecule has 0 N–H and O–H groups in total. The average molecular weight is 1260 g/mol. The molecule has 4 aromatic heterocycles. The van der Waals surface area contributed by atoms with Crippen molar-refractivity contribution in [3.05, 3.63) is 368 Å². The number of rotatable bonds is 6. The van der Waals surface area contributed by atoms with Crippen LogP contribution in [-0.2, 0) is 6.42 Å². The Kier molecular flexibility index (Phi) is 12.1. The van der Waals surface area contributed by atoms with Crippen LogP contribution in [0.4, 0.5) is 0 Å². The van der Waals surface area contributed by atoms with Gasteiger partial charge in [-0.15, -0.1) is 11.3 Å². The number of aromatic nitrogens is 3. The molecule has 0 radical (unpaired) electrons. The van der Waals surface area contributed by atoms with E-state index in [1.807, 2.05) is 11.3 Å². The molecule has 4 heteroatoms. The summed E-state index contributed by atoms with van der Waals surface area (Å²) < 4.78 is 10.0. The van der Waals surface area contributed by atoms with Gasteiger partial charge in [-0.1, -0.05) is 249 Å². The fourth-order valence-corrected chi connectivity index (χ4v) is 18.2. The summed E-state index contributed by atoms with van der Waals surface area (Å²) in [6.07, 6.45) is 0.986. The lowest BCUT2D eigenvalue weighted by Crippen LogP contribution is -1.99. The first-order valence-electron chi connectivity index (χ1n) is 34.0. The predicted molar refractivity (Wildman–Crippen MR) is 416 cm³/mol. The first-order valence-corrected chi connectivity index (χ1v) is 34.8. The second kappa shape index (κ2) is 21.6. The zero-order chi connectivity index (χ0) is 64.1. The molecule has 22 rings (SSSR count). The van der Waals surface area contributed by atoms with Gasteiger partial charge < -0.3 is 13.7 Å². The van der Waals surface area contributed by atoms with Crippen LogP contribution in [-0.4, -0.2) is 13.7 Å². The van der Waals surface area contributed by atoms with Crippen molar-refractivity contribution < 1.29 is 0 Å². The molecule has 98 heavy (non-hydrogen) atoms. The van der Waals surface area contributed by atoms with Crippen molar-refractivity contribution >= 4 is 118 Å². The Morgan fingerprint density at radius 3 is 1.51 bits per heavy atom. The summed E-state index contributed by atoms with van der Waals surface area (Å²) in [5, 5.41) is 15.4. The van der Waals surface area contributed by atoms with E-state index in [9.17, 15) is 0 Å². The van der Waals surface area contributed by atoms with E-state index in [0.717, 1.165) is 6.42 Å². The molecular weight excluding hydrogens is 1200 g/mol. The average Bonchev–Trinajstić information content (AvgIpc) is 1.57. The zero-order valence-electron chi connectivity index (χ0n) is 53.4. The normalized spacial score (nSPS) is 13.2. The van der Waals surface area contributed by atoms with Crippen molar-refractivity contribution in [3.8, 4) is 61.6 Å². The van der Waals surface area contributed by atoms with Gasteiger partial charge in [-0.3, -0.25) is 0 Å². The molecule has 0 saturated carbocycles. The minimum Gasteiger partial charge on any atom is -0.309 e. The third kappa shape index (κ3) is 8.35. The van der Waals surface area contributed by atoms with Gasteiger partial charge in [0, 0.05) is 76.3 Å². The first-order chi connectivity index (χ1) is 48.6. The van der Waals surface area contributed by atoms with E-state index < -0.39 is 0 Å². The van der Waals surface area contributed by atoms with E-state index >= 15 is 0 Å². The molecule has 0 fully saturated rings. The smallest absolute Gasteiger partial charge is 0.0719 e. The number of thiophene rings is 1. The van der Waals surface area contributed by atoms with Crippen LogP contribution in [0.1, 0.15) is 33.7 Å². The third-order valence-corrected chi connectivity index (χ3v) is 22.5. The largest absolute Gasteiger partial charge is 0.309 e. The molecule has 2 aliphatic rings. The molecule has 16 aromatic carbocycles. The number of para-hydroxylation sites is 3. The summed E-state index contributed by atoms with van der Waals surface area (Å²) in [5.74, 6) is 0.223. The quantitative estimate of drug-likeness (QED) is 0.158. The monoisotopic (exact) mass is 1260 g/mol. The summed E-state index contributed by atoms with van der Waals surface area (Å²) in [7, 11) is 0. The van der Waals surface area contributed by atoms with Crippen LogP contribution in [0.3, 0.4) is 0 Å². The highest BCUT2D eigenvalue weighted by Gasteiger charge is 2.31. The second-order valence-corrected chi connectivity index (χ2v) is 27.7. The molecule has 456 valence electrons. The van der Waals surface area contributed by atoms with Crippen LogP contribution in [0.2, 0.25) is 0 Å². The molecule has 0 bridgehead atoms. The SMILES string of the molecule is c1ccc(-n2c3ccc(-c4ccc5c(c4)-c4ccccc4C5c4ccc5ccccc5c4)cc3c3ccc4c(c32)-c2ccccc2C4)cc1.c1ccc(-n2c3ccc(-c4ccc5c(c4)c4ccccc4n5-c4ccc5ccccc5c4)cc3c3ccc4c5ccccc5sc4c32)cc1. The van der Waals surface area contributed by atoms with E-state index in [1.54, 1.807) is 0 Å². The Bertz CT molecular complexity index is 6720. The lowest BCUT2D eigenvalue weighted by atomic mass is 9.87. The minimum atomic E-state index is 0.223. The molecule has 0 aliphatic heterocycles. The molecule has 4 heterocycles. The van der Waals surface area contributed by atoms with Crippen molar-refractivity contribution in [2.24, 2.45) is 0 Å². The highest BCUT2D eigenvalue weighted by Crippen LogP contribution is 2.52. The zero-order valence-corrected chi connectivity index (χ0v) is 54.2. The van der Waals surface area contributed by atoms with Crippen molar-refractivity contribution in [1.29, 1.82) is 0 Å². The van der Waals surface area contributed by atoms with E-state index in [1.165, 1.54) is 197 Å². The van der Waals surface area contributed by atoms with Crippen LogP contribution >= 0.6 is 11.3 Å². The third-order valence-electron chi connectivity index (χ3n) is 21.3. The fourth-order valence-electron chi connectivity index (χ4n) is 16.9. The van der Waals surface area contributed by atoms with Crippen molar-refractivity contribution in [3.63, 3.8) is 0 Å². The van der Waals surface area contributed by atoms with Crippen LogP contribution in [0, 0.1) is 0 Å². The number of benzene rings is 16.